The van der Waals surface area contributed by atoms with Crippen LogP contribution >= 0.6 is 30.2 Å². The molecule has 0 unspecified atom stereocenters. The summed E-state index contributed by atoms with van der Waals surface area (Å²) in [5, 5.41) is 4.98. The van der Waals surface area contributed by atoms with Crippen molar-refractivity contribution in [1.29, 1.82) is 0 Å². The molecule has 0 nitrogen and oxygen atoms in total. The van der Waals surface area contributed by atoms with E-state index in [2.05, 4.69) is 97.3 Å². The molecule has 0 saturated carbocycles. The third kappa shape index (κ3) is 3.68. The van der Waals surface area contributed by atoms with Crippen molar-refractivity contribution in [2.75, 3.05) is 0 Å². The fourth-order valence-electron chi connectivity index (χ4n) is 4.06. The zero-order chi connectivity index (χ0) is 20.6. The van der Waals surface area contributed by atoms with Crippen LogP contribution in [-0.2, 0) is 0 Å². The Morgan fingerprint density at radius 3 is 1.39 bits per heavy atom. The third-order valence-electron chi connectivity index (χ3n) is 5.45. The summed E-state index contributed by atoms with van der Waals surface area (Å²) in [7, 11) is -0.391. The number of thiophene rings is 2. The number of aryl methyl sites for hydroxylation is 3. The predicted molar refractivity (Wildman–Crippen MR) is 141 cm³/mol. The first-order valence-electron chi connectivity index (χ1n) is 10.0. The van der Waals surface area contributed by atoms with E-state index in [-0.39, 0.29) is 0 Å². The molecule has 1 aromatic carbocycles. The van der Waals surface area contributed by atoms with E-state index < -0.39 is 44.3 Å². The fraction of sp³-hybridized carbons (Fsp3) is 0.391. The van der Waals surface area contributed by atoms with Crippen molar-refractivity contribution in [2.45, 2.75) is 50.4 Å². The van der Waals surface area contributed by atoms with Crippen molar-refractivity contribution in [1.82, 2.24) is 0 Å². The minimum absolute atomic E-state index is 0.391. The molecular formula is C23H31PS2Sn2. The first kappa shape index (κ1) is 21.7. The van der Waals surface area contributed by atoms with E-state index in [9.17, 15) is 0 Å². The number of fused-ring (bicyclic) bond motifs is 3. The second-order valence-electron chi connectivity index (χ2n) is 10.2. The second kappa shape index (κ2) is 7.29. The Kier molecular flexibility index (Phi) is 5.66. The van der Waals surface area contributed by atoms with Crippen molar-refractivity contribution in [3.8, 4) is 5.30 Å². The summed E-state index contributed by atoms with van der Waals surface area (Å²) in [4.78, 5) is 15.4. The molecule has 28 heavy (non-hydrogen) atoms. The molecule has 0 amide bonds. The van der Waals surface area contributed by atoms with Gasteiger partial charge in [-0.15, -0.1) is 0 Å². The molecule has 0 aliphatic rings. The molecule has 0 spiro atoms. The van der Waals surface area contributed by atoms with Crippen LogP contribution in [0.3, 0.4) is 0 Å². The van der Waals surface area contributed by atoms with Crippen LogP contribution in [0.2, 0.25) is 29.6 Å². The van der Waals surface area contributed by atoms with Crippen LogP contribution in [0.1, 0.15) is 16.7 Å². The van der Waals surface area contributed by atoms with Gasteiger partial charge in [-0.2, -0.15) is 0 Å². The van der Waals surface area contributed by atoms with Gasteiger partial charge in [0.2, 0.25) is 0 Å². The van der Waals surface area contributed by atoms with Gasteiger partial charge >= 0.3 is 189 Å². The van der Waals surface area contributed by atoms with E-state index in [1.54, 1.807) is 30.7 Å². The van der Waals surface area contributed by atoms with Gasteiger partial charge < -0.3 is 0 Å². The maximum absolute atomic E-state index is 2.65. The number of rotatable bonds is 3. The van der Waals surface area contributed by atoms with Crippen LogP contribution in [0.4, 0.5) is 0 Å². The number of benzene rings is 1. The molecule has 0 radical (unpaired) electrons. The molecule has 0 N–H and O–H groups in total. The standard InChI is InChI=1S/C17H13PS2.6CH3.2Sn/c1-10-8-11(2)15(12(3)9-10)18-13-4-6-19-16(13)17-14(18)5-7-20-17;;;;;;;;/h4-5,8-9H,1-3H3;6*1H3;;. The summed E-state index contributed by atoms with van der Waals surface area (Å²) >= 11 is 0.157. The maximum atomic E-state index is 2.65. The molecule has 0 saturated heterocycles. The van der Waals surface area contributed by atoms with Crippen LogP contribution in [0, 0.1) is 20.8 Å². The number of hydrogen-bond donors (Lipinski definition) is 0. The Labute approximate surface area is 187 Å². The molecule has 148 valence electrons. The Hall–Kier alpha value is 0.517. The van der Waals surface area contributed by atoms with E-state index >= 15 is 0 Å². The van der Waals surface area contributed by atoms with Crippen LogP contribution in [-0.4, -0.2) is 36.8 Å². The van der Waals surface area contributed by atoms with Gasteiger partial charge in [-0.25, -0.2) is 0 Å². The van der Waals surface area contributed by atoms with Crippen molar-refractivity contribution in [2.24, 2.45) is 0 Å². The van der Waals surface area contributed by atoms with Crippen molar-refractivity contribution in [3.63, 3.8) is 0 Å². The Bertz CT molecular complexity index is 1120. The minimum atomic E-state index is -2.07. The summed E-state index contributed by atoms with van der Waals surface area (Å²) in [6.45, 7) is 6.90. The van der Waals surface area contributed by atoms with Crippen LogP contribution in [0.15, 0.2) is 24.3 Å². The zero-order valence-electron chi connectivity index (χ0n) is 18.6. The van der Waals surface area contributed by atoms with Crippen molar-refractivity contribution >= 4 is 92.4 Å². The second-order valence-corrected chi connectivity index (χ2v) is 45.2. The molecular weight excluding hydrogens is 609 g/mol. The number of hydrogen-bond acceptors (Lipinski definition) is 2. The van der Waals surface area contributed by atoms with Gasteiger partial charge in [-0.1, -0.05) is 0 Å². The van der Waals surface area contributed by atoms with Crippen LogP contribution < -0.4 is 5.79 Å². The summed E-state index contributed by atoms with van der Waals surface area (Å²) in [6.07, 6.45) is 0. The summed E-state index contributed by atoms with van der Waals surface area (Å²) in [5.41, 5.74) is 4.37. The molecule has 0 fully saturated rings. The van der Waals surface area contributed by atoms with Crippen molar-refractivity contribution in [3.05, 3.63) is 41.0 Å². The van der Waals surface area contributed by atoms with Gasteiger partial charge in [0.1, 0.15) is 0 Å². The molecule has 0 aliphatic carbocycles. The average Bonchev–Trinajstić information content (AvgIpc) is 3.17. The van der Waals surface area contributed by atoms with Gasteiger partial charge in [0.25, 0.3) is 0 Å². The third-order valence-corrected chi connectivity index (χ3v) is 29.9. The Morgan fingerprint density at radius 2 is 1.04 bits per heavy atom. The van der Waals surface area contributed by atoms with Gasteiger partial charge in [-0.05, 0) is 0 Å². The van der Waals surface area contributed by atoms with Crippen LogP contribution in [0.25, 0.3) is 24.9 Å². The average molecular weight is 640 g/mol. The van der Waals surface area contributed by atoms with Gasteiger partial charge in [-0.3, -0.25) is 0 Å². The van der Waals surface area contributed by atoms with E-state index in [4.69, 9.17) is 0 Å². The molecule has 4 rings (SSSR count). The fourth-order valence-corrected chi connectivity index (χ4v) is 21.3. The first-order chi connectivity index (χ1) is 12.9. The molecule has 5 heteroatoms. The van der Waals surface area contributed by atoms with Crippen LogP contribution in [0.5, 0.6) is 0 Å². The quantitative estimate of drug-likeness (QED) is 0.199. The summed E-state index contributed by atoms with van der Waals surface area (Å²) < 4.78 is 6.76. The molecule has 0 aliphatic heterocycles. The van der Waals surface area contributed by atoms with Gasteiger partial charge in [0.15, 0.2) is 0 Å². The first-order valence-corrected chi connectivity index (χ1v) is 33.0. The SMILES string of the molecule is Cc1cc(C)c(-p2c3c[c]([Sn]([CH3])([CH3])[CH3])sc3c3s[c]([Sn]([CH3])([CH3])[CH3])cc32)c(C)c1. The van der Waals surface area contributed by atoms with Crippen molar-refractivity contribution < 1.29 is 0 Å². The molecule has 3 aromatic heterocycles. The van der Waals surface area contributed by atoms with Gasteiger partial charge in [0.05, 0.1) is 0 Å². The van der Waals surface area contributed by atoms with E-state index in [1.165, 1.54) is 16.7 Å². The molecule has 4 aromatic rings. The monoisotopic (exact) mass is 642 g/mol. The Balaban J connectivity index is 2.15. The zero-order valence-corrected chi connectivity index (χ0v) is 26.8. The van der Waals surface area contributed by atoms with Gasteiger partial charge in [0, 0.05) is 0 Å². The molecule has 0 bridgehead atoms. The summed E-state index contributed by atoms with van der Waals surface area (Å²) in [5.74, 6) is 0. The van der Waals surface area contributed by atoms with E-state index in [0.717, 1.165) is 0 Å². The predicted octanol–water partition coefficient (Wildman–Crippen LogP) is 8.11. The van der Waals surface area contributed by atoms with E-state index in [0.29, 0.717) is 0 Å². The molecule has 3 heterocycles. The molecule has 0 atom stereocenters. The van der Waals surface area contributed by atoms with E-state index in [1.807, 2.05) is 0 Å². The topological polar surface area (TPSA) is 0 Å². The normalized spacial score (nSPS) is 13.2. The summed E-state index contributed by atoms with van der Waals surface area (Å²) in [6, 6.07) is 10.1. The Morgan fingerprint density at radius 1 is 0.643 bits per heavy atom.